The van der Waals surface area contributed by atoms with E-state index in [1.54, 1.807) is 0 Å². The summed E-state index contributed by atoms with van der Waals surface area (Å²) in [6.45, 7) is 4.39. The fourth-order valence-corrected chi connectivity index (χ4v) is 2.59. The van der Waals surface area contributed by atoms with Gasteiger partial charge >= 0.3 is 0 Å². The van der Waals surface area contributed by atoms with Crippen LogP contribution in [0.15, 0.2) is 28.7 Å². The minimum absolute atomic E-state index is 0.0396. The highest BCUT2D eigenvalue weighted by Crippen LogP contribution is 2.31. The fraction of sp³-hybridized carbons (Fsp3) is 0.467. The topological polar surface area (TPSA) is 51.2 Å². The molecule has 0 fully saturated rings. The van der Waals surface area contributed by atoms with E-state index in [1.807, 2.05) is 24.3 Å². The van der Waals surface area contributed by atoms with Crippen molar-refractivity contribution in [2.45, 2.75) is 39.2 Å². The van der Waals surface area contributed by atoms with Crippen molar-refractivity contribution in [3.05, 3.63) is 35.0 Å². The van der Waals surface area contributed by atoms with Gasteiger partial charge in [0.1, 0.15) is 11.3 Å². The summed E-state index contributed by atoms with van der Waals surface area (Å²) in [5, 5.41) is 1.74. The lowest BCUT2D eigenvalue weighted by Gasteiger charge is -2.20. The third-order valence-electron chi connectivity index (χ3n) is 3.57. The minimum Gasteiger partial charge on any atom is -0.459 e. The number of nitrogens with two attached hydrogens (primary N) is 1. The summed E-state index contributed by atoms with van der Waals surface area (Å²) in [4.78, 5) is 0. The van der Waals surface area contributed by atoms with E-state index in [0.29, 0.717) is 5.92 Å². The normalized spacial score (nSPS) is 14.7. The van der Waals surface area contributed by atoms with Crippen LogP contribution in [0.5, 0.6) is 0 Å². The molecule has 19 heavy (non-hydrogen) atoms. The van der Waals surface area contributed by atoms with E-state index in [2.05, 4.69) is 19.3 Å². The molecule has 0 aliphatic rings. The molecular formula is C15H21ClN2O. The van der Waals surface area contributed by atoms with Crippen LogP contribution < -0.4 is 11.3 Å². The van der Waals surface area contributed by atoms with Crippen LogP contribution in [0.1, 0.15) is 44.9 Å². The number of unbranched alkanes of at least 4 members (excludes halogenated alkanes) is 1. The molecule has 1 heterocycles. The lowest BCUT2D eigenvalue weighted by atomic mass is 9.94. The number of nitrogens with one attached hydrogen (secondary N) is 1. The standard InChI is InChI=1S/C15H21ClN2O/c1-3-4-5-10(2)15(18-17)14-9-11-8-12(16)6-7-13(11)19-14/h6-10,15,18H,3-5,17H2,1-2H3. The predicted octanol–water partition coefficient (Wildman–Crippen LogP) is 4.42. The second-order valence-corrected chi connectivity index (χ2v) is 5.53. The molecule has 4 heteroatoms. The molecule has 104 valence electrons. The smallest absolute Gasteiger partial charge is 0.134 e. The van der Waals surface area contributed by atoms with Gasteiger partial charge in [-0.1, -0.05) is 38.3 Å². The molecule has 2 unspecified atom stereocenters. The van der Waals surface area contributed by atoms with Crippen molar-refractivity contribution in [2.75, 3.05) is 0 Å². The van der Waals surface area contributed by atoms with Crippen LogP contribution in [0.2, 0.25) is 5.02 Å². The van der Waals surface area contributed by atoms with E-state index in [-0.39, 0.29) is 6.04 Å². The molecule has 0 spiro atoms. The van der Waals surface area contributed by atoms with Gasteiger partial charge in [0, 0.05) is 10.4 Å². The van der Waals surface area contributed by atoms with Gasteiger partial charge in [-0.05, 0) is 36.6 Å². The third kappa shape index (κ3) is 3.30. The van der Waals surface area contributed by atoms with Crippen molar-refractivity contribution in [1.82, 2.24) is 5.43 Å². The summed E-state index contributed by atoms with van der Waals surface area (Å²) >= 11 is 5.99. The Morgan fingerprint density at radius 1 is 1.37 bits per heavy atom. The average molecular weight is 281 g/mol. The maximum absolute atomic E-state index is 5.99. The zero-order valence-corrected chi connectivity index (χ0v) is 12.2. The van der Waals surface area contributed by atoms with E-state index in [0.717, 1.165) is 28.2 Å². The Morgan fingerprint density at radius 3 is 2.84 bits per heavy atom. The van der Waals surface area contributed by atoms with E-state index in [4.69, 9.17) is 21.9 Å². The number of fused-ring (bicyclic) bond motifs is 1. The van der Waals surface area contributed by atoms with Gasteiger partial charge in [0.15, 0.2) is 0 Å². The van der Waals surface area contributed by atoms with Gasteiger partial charge in [-0.15, -0.1) is 0 Å². The number of benzene rings is 1. The van der Waals surface area contributed by atoms with Crippen molar-refractivity contribution in [2.24, 2.45) is 11.8 Å². The average Bonchev–Trinajstić information content (AvgIpc) is 2.79. The first-order valence-electron chi connectivity index (χ1n) is 6.80. The summed E-state index contributed by atoms with van der Waals surface area (Å²) in [6.07, 6.45) is 3.52. The summed E-state index contributed by atoms with van der Waals surface area (Å²) in [7, 11) is 0. The molecule has 2 rings (SSSR count). The Kier molecular flexibility index (Phi) is 4.86. The monoisotopic (exact) mass is 280 g/mol. The summed E-state index contributed by atoms with van der Waals surface area (Å²) < 4.78 is 5.88. The summed E-state index contributed by atoms with van der Waals surface area (Å²) in [6, 6.07) is 7.70. The second-order valence-electron chi connectivity index (χ2n) is 5.09. The number of furan rings is 1. The largest absolute Gasteiger partial charge is 0.459 e. The molecule has 0 radical (unpaired) electrons. The van der Waals surface area contributed by atoms with Gasteiger partial charge in [-0.2, -0.15) is 0 Å². The first-order valence-corrected chi connectivity index (χ1v) is 7.18. The van der Waals surface area contributed by atoms with Crippen LogP contribution in [0, 0.1) is 5.92 Å². The molecule has 0 amide bonds. The van der Waals surface area contributed by atoms with Crippen molar-refractivity contribution in [3.63, 3.8) is 0 Å². The number of halogens is 1. The summed E-state index contributed by atoms with van der Waals surface area (Å²) in [5.74, 6) is 7.00. The molecule has 2 aromatic rings. The second kappa shape index (κ2) is 6.42. The molecule has 1 aromatic carbocycles. The van der Waals surface area contributed by atoms with Crippen molar-refractivity contribution < 1.29 is 4.42 Å². The van der Waals surface area contributed by atoms with Crippen LogP contribution in [0.3, 0.4) is 0 Å². The molecule has 0 aliphatic carbocycles. The van der Waals surface area contributed by atoms with Crippen LogP contribution in [-0.2, 0) is 0 Å². The van der Waals surface area contributed by atoms with Gasteiger partial charge in [0.2, 0.25) is 0 Å². The van der Waals surface area contributed by atoms with Gasteiger partial charge in [0.25, 0.3) is 0 Å². The molecule has 0 saturated heterocycles. The Bertz CT molecular complexity index is 538. The first kappa shape index (κ1) is 14.4. The Hall–Kier alpha value is -1.03. The molecule has 3 nitrogen and oxygen atoms in total. The SMILES string of the molecule is CCCCC(C)C(NN)c1cc2cc(Cl)ccc2o1. The van der Waals surface area contributed by atoms with Crippen LogP contribution >= 0.6 is 11.6 Å². The number of hydrogen-bond acceptors (Lipinski definition) is 3. The van der Waals surface area contributed by atoms with E-state index >= 15 is 0 Å². The van der Waals surface area contributed by atoms with Crippen LogP contribution in [-0.4, -0.2) is 0 Å². The van der Waals surface area contributed by atoms with Crippen LogP contribution in [0.4, 0.5) is 0 Å². The van der Waals surface area contributed by atoms with Crippen LogP contribution in [0.25, 0.3) is 11.0 Å². The number of hydrazine groups is 1. The van der Waals surface area contributed by atoms with Gasteiger partial charge in [-0.25, -0.2) is 5.43 Å². The van der Waals surface area contributed by atoms with Crippen molar-refractivity contribution in [3.8, 4) is 0 Å². The van der Waals surface area contributed by atoms with Crippen molar-refractivity contribution >= 4 is 22.6 Å². The van der Waals surface area contributed by atoms with Gasteiger partial charge in [0.05, 0.1) is 6.04 Å². The van der Waals surface area contributed by atoms with Gasteiger partial charge < -0.3 is 4.42 Å². The third-order valence-corrected chi connectivity index (χ3v) is 3.80. The van der Waals surface area contributed by atoms with E-state index < -0.39 is 0 Å². The quantitative estimate of drug-likeness (QED) is 0.608. The lowest BCUT2D eigenvalue weighted by molar-refractivity contribution is 0.317. The highest BCUT2D eigenvalue weighted by Gasteiger charge is 2.21. The predicted molar refractivity (Wildman–Crippen MR) is 80.0 cm³/mol. The van der Waals surface area contributed by atoms with Crippen molar-refractivity contribution in [1.29, 1.82) is 0 Å². The Labute approximate surface area is 119 Å². The molecule has 0 saturated carbocycles. The molecular weight excluding hydrogens is 260 g/mol. The Morgan fingerprint density at radius 2 is 2.16 bits per heavy atom. The minimum atomic E-state index is 0.0396. The van der Waals surface area contributed by atoms with E-state index in [1.165, 1.54) is 12.8 Å². The highest BCUT2D eigenvalue weighted by molar-refractivity contribution is 6.31. The fourth-order valence-electron chi connectivity index (χ4n) is 2.41. The molecule has 2 atom stereocenters. The maximum atomic E-state index is 5.99. The lowest BCUT2D eigenvalue weighted by Crippen LogP contribution is -2.32. The highest BCUT2D eigenvalue weighted by atomic mass is 35.5. The Balaban J connectivity index is 2.24. The number of rotatable bonds is 6. The number of hydrogen-bond donors (Lipinski definition) is 2. The zero-order valence-electron chi connectivity index (χ0n) is 11.4. The molecule has 0 bridgehead atoms. The van der Waals surface area contributed by atoms with Gasteiger partial charge in [-0.3, -0.25) is 5.84 Å². The molecule has 3 N–H and O–H groups in total. The molecule has 0 aliphatic heterocycles. The molecule has 1 aromatic heterocycles. The summed E-state index contributed by atoms with van der Waals surface area (Å²) in [5.41, 5.74) is 3.73. The first-order chi connectivity index (χ1) is 9.15. The van der Waals surface area contributed by atoms with E-state index in [9.17, 15) is 0 Å². The maximum Gasteiger partial charge on any atom is 0.134 e. The zero-order chi connectivity index (χ0) is 13.8.